The zero-order valence-electron chi connectivity index (χ0n) is 12.7. The Bertz CT molecular complexity index is 905. The second-order valence-corrected chi connectivity index (χ2v) is 5.94. The molecule has 3 rings (SSSR count). The van der Waals surface area contributed by atoms with Gasteiger partial charge in [-0.2, -0.15) is 0 Å². The topological polar surface area (TPSA) is 98.1 Å². The molecule has 122 valence electrons. The standard InChI is InChI=1S/C16H13N3O4S/c1-23-15(20)11-4-2-10(3-5-11)9-24-16-17-13-7-6-12(19(21)22)8-14(13)18-16/h2-8H,9H2,1H3,(H,17,18). The summed E-state index contributed by atoms with van der Waals surface area (Å²) in [6, 6.07) is 11.7. The number of benzene rings is 2. The van der Waals surface area contributed by atoms with E-state index in [-0.39, 0.29) is 11.7 Å². The smallest absolute Gasteiger partial charge is 0.337 e. The number of esters is 1. The van der Waals surface area contributed by atoms with Crippen molar-refractivity contribution in [3.8, 4) is 0 Å². The van der Waals surface area contributed by atoms with Crippen molar-refractivity contribution in [2.45, 2.75) is 10.9 Å². The highest BCUT2D eigenvalue weighted by Crippen LogP contribution is 2.25. The Labute approximate surface area is 141 Å². The molecule has 0 fully saturated rings. The van der Waals surface area contributed by atoms with Crippen LogP contribution in [0.5, 0.6) is 0 Å². The normalized spacial score (nSPS) is 10.7. The highest BCUT2D eigenvalue weighted by atomic mass is 32.2. The number of nitro groups is 1. The summed E-state index contributed by atoms with van der Waals surface area (Å²) in [6.07, 6.45) is 0. The van der Waals surface area contributed by atoms with Crippen LogP contribution < -0.4 is 0 Å². The van der Waals surface area contributed by atoms with Crippen LogP contribution in [0, 0.1) is 10.1 Å². The second kappa shape index (κ2) is 6.71. The third-order valence-electron chi connectivity index (χ3n) is 3.41. The molecule has 1 heterocycles. The number of fused-ring (bicyclic) bond motifs is 1. The molecule has 0 bridgehead atoms. The molecule has 0 radical (unpaired) electrons. The largest absolute Gasteiger partial charge is 0.465 e. The van der Waals surface area contributed by atoms with Crippen LogP contribution in [-0.2, 0) is 10.5 Å². The number of hydrogen-bond acceptors (Lipinski definition) is 6. The van der Waals surface area contributed by atoms with E-state index < -0.39 is 4.92 Å². The van der Waals surface area contributed by atoms with Crippen LogP contribution in [0.4, 0.5) is 5.69 Å². The number of nitrogens with one attached hydrogen (secondary N) is 1. The summed E-state index contributed by atoms with van der Waals surface area (Å²) >= 11 is 1.48. The minimum Gasteiger partial charge on any atom is -0.465 e. The predicted molar refractivity (Wildman–Crippen MR) is 90.1 cm³/mol. The third-order valence-corrected chi connectivity index (χ3v) is 4.35. The first-order chi connectivity index (χ1) is 11.6. The predicted octanol–water partition coefficient (Wildman–Crippen LogP) is 3.55. The first-order valence-corrected chi connectivity index (χ1v) is 7.99. The van der Waals surface area contributed by atoms with Gasteiger partial charge in [0.25, 0.3) is 5.69 Å². The second-order valence-electron chi connectivity index (χ2n) is 4.98. The Kier molecular flexibility index (Phi) is 4.48. The molecule has 8 heteroatoms. The van der Waals surface area contributed by atoms with Gasteiger partial charge < -0.3 is 9.72 Å². The number of hydrogen-bond donors (Lipinski definition) is 1. The first-order valence-electron chi connectivity index (χ1n) is 7.01. The van der Waals surface area contributed by atoms with E-state index in [4.69, 9.17) is 0 Å². The number of methoxy groups -OCH3 is 1. The Morgan fingerprint density at radius 2 is 2.04 bits per heavy atom. The number of thioether (sulfide) groups is 1. The van der Waals surface area contributed by atoms with Crippen LogP contribution in [0.3, 0.4) is 0 Å². The van der Waals surface area contributed by atoms with Crippen molar-refractivity contribution in [2.75, 3.05) is 7.11 Å². The fraction of sp³-hybridized carbons (Fsp3) is 0.125. The highest BCUT2D eigenvalue weighted by Gasteiger charge is 2.10. The number of nitro benzene ring substituents is 1. The zero-order valence-corrected chi connectivity index (χ0v) is 13.5. The molecule has 3 aromatic rings. The molecule has 2 aromatic carbocycles. The van der Waals surface area contributed by atoms with E-state index in [1.54, 1.807) is 18.2 Å². The summed E-state index contributed by atoms with van der Waals surface area (Å²) in [5, 5.41) is 11.5. The summed E-state index contributed by atoms with van der Waals surface area (Å²) < 4.78 is 4.66. The molecule has 0 atom stereocenters. The van der Waals surface area contributed by atoms with Crippen molar-refractivity contribution in [1.29, 1.82) is 0 Å². The van der Waals surface area contributed by atoms with Gasteiger partial charge in [-0.3, -0.25) is 10.1 Å². The molecule has 0 aliphatic carbocycles. The molecule has 7 nitrogen and oxygen atoms in total. The van der Waals surface area contributed by atoms with Gasteiger partial charge in [-0.15, -0.1) is 0 Å². The number of non-ortho nitro benzene ring substituents is 1. The fourth-order valence-corrected chi connectivity index (χ4v) is 3.00. The Morgan fingerprint density at radius 1 is 1.29 bits per heavy atom. The molecular formula is C16H13N3O4S. The molecule has 0 unspecified atom stereocenters. The van der Waals surface area contributed by atoms with Gasteiger partial charge in [0.15, 0.2) is 5.16 Å². The molecular weight excluding hydrogens is 330 g/mol. The van der Waals surface area contributed by atoms with Crippen LogP contribution >= 0.6 is 11.8 Å². The number of carbonyl (C=O) groups is 1. The van der Waals surface area contributed by atoms with Crippen LogP contribution in [-0.4, -0.2) is 28.0 Å². The molecule has 0 aliphatic rings. The van der Waals surface area contributed by atoms with Gasteiger partial charge in [0.1, 0.15) is 0 Å². The SMILES string of the molecule is COC(=O)c1ccc(CSc2nc3cc([N+](=O)[O-])ccc3[nH]2)cc1. The van der Waals surface area contributed by atoms with Crippen molar-refractivity contribution >= 4 is 34.5 Å². The highest BCUT2D eigenvalue weighted by molar-refractivity contribution is 7.98. The van der Waals surface area contributed by atoms with E-state index in [9.17, 15) is 14.9 Å². The summed E-state index contributed by atoms with van der Waals surface area (Å²) in [5.74, 6) is 0.289. The van der Waals surface area contributed by atoms with Crippen LogP contribution in [0.2, 0.25) is 0 Å². The third kappa shape index (κ3) is 3.38. The molecule has 1 N–H and O–H groups in total. The van der Waals surface area contributed by atoms with Gasteiger partial charge in [0.05, 0.1) is 28.6 Å². The van der Waals surface area contributed by atoms with Gasteiger partial charge in [0, 0.05) is 17.9 Å². The van der Waals surface area contributed by atoms with E-state index in [0.29, 0.717) is 22.0 Å². The maximum absolute atomic E-state index is 11.4. The number of ether oxygens (including phenoxy) is 1. The number of H-pyrrole nitrogens is 1. The molecule has 0 spiro atoms. The minimum absolute atomic E-state index is 0.0175. The Balaban J connectivity index is 1.71. The van der Waals surface area contributed by atoms with E-state index in [0.717, 1.165) is 11.1 Å². The molecule has 0 saturated carbocycles. The maximum atomic E-state index is 11.4. The average molecular weight is 343 g/mol. The van der Waals surface area contributed by atoms with Crippen molar-refractivity contribution in [3.05, 3.63) is 63.7 Å². The van der Waals surface area contributed by atoms with Crippen LogP contribution in [0.1, 0.15) is 15.9 Å². The number of nitrogens with zero attached hydrogens (tertiary/aromatic N) is 2. The molecule has 0 amide bonds. The lowest BCUT2D eigenvalue weighted by Gasteiger charge is -2.02. The van der Waals surface area contributed by atoms with Gasteiger partial charge in [-0.25, -0.2) is 9.78 Å². The van der Waals surface area contributed by atoms with Crippen molar-refractivity contribution < 1.29 is 14.5 Å². The van der Waals surface area contributed by atoms with E-state index in [1.165, 1.54) is 31.0 Å². The number of aromatic amines is 1. The van der Waals surface area contributed by atoms with Gasteiger partial charge in [-0.1, -0.05) is 23.9 Å². The quantitative estimate of drug-likeness (QED) is 0.329. The number of carbonyl (C=O) groups excluding carboxylic acids is 1. The minimum atomic E-state index is -0.441. The van der Waals surface area contributed by atoms with Crippen LogP contribution in [0.25, 0.3) is 11.0 Å². The summed E-state index contributed by atoms with van der Waals surface area (Å²) in [6.45, 7) is 0. The summed E-state index contributed by atoms with van der Waals surface area (Å²) in [7, 11) is 1.35. The molecule has 24 heavy (non-hydrogen) atoms. The lowest BCUT2D eigenvalue weighted by atomic mass is 10.1. The van der Waals surface area contributed by atoms with Gasteiger partial charge >= 0.3 is 5.97 Å². The van der Waals surface area contributed by atoms with Crippen molar-refractivity contribution in [2.24, 2.45) is 0 Å². The Hall–Kier alpha value is -2.87. The lowest BCUT2D eigenvalue weighted by Crippen LogP contribution is -2.00. The molecule has 0 saturated heterocycles. The maximum Gasteiger partial charge on any atom is 0.337 e. The van der Waals surface area contributed by atoms with E-state index >= 15 is 0 Å². The summed E-state index contributed by atoms with van der Waals surface area (Å²) in [5.41, 5.74) is 2.86. The van der Waals surface area contributed by atoms with Gasteiger partial charge in [0.2, 0.25) is 0 Å². The van der Waals surface area contributed by atoms with Crippen molar-refractivity contribution in [1.82, 2.24) is 9.97 Å². The lowest BCUT2D eigenvalue weighted by molar-refractivity contribution is -0.384. The zero-order chi connectivity index (χ0) is 17.1. The molecule has 1 aromatic heterocycles. The van der Waals surface area contributed by atoms with Crippen molar-refractivity contribution in [3.63, 3.8) is 0 Å². The van der Waals surface area contributed by atoms with E-state index in [2.05, 4.69) is 14.7 Å². The average Bonchev–Trinajstić information content (AvgIpc) is 3.01. The number of imidazole rings is 1. The Morgan fingerprint density at radius 3 is 2.71 bits per heavy atom. The summed E-state index contributed by atoms with van der Waals surface area (Å²) in [4.78, 5) is 29.2. The van der Waals surface area contributed by atoms with Crippen LogP contribution in [0.15, 0.2) is 47.6 Å². The molecule has 0 aliphatic heterocycles. The first kappa shape index (κ1) is 16.0. The fourth-order valence-electron chi connectivity index (χ4n) is 2.16. The number of aromatic nitrogens is 2. The van der Waals surface area contributed by atoms with Gasteiger partial charge in [-0.05, 0) is 23.8 Å². The number of rotatable bonds is 5. The monoisotopic (exact) mass is 343 g/mol. The van der Waals surface area contributed by atoms with E-state index in [1.807, 2.05) is 12.1 Å².